The molecule has 2 fully saturated rings. The molecule has 2 saturated heterocycles. The van der Waals surface area contributed by atoms with Gasteiger partial charge in [-0.1, -0.05) is 0 Å². The number of ether oxygens (including phenoxy) is 1. The quantitative estimate of drug-likeness (QED) is 0.709. The van der Waals surface area contributed by atoms with E-state index in [9.17, 15) is 0 Å². The summed E-state index contributed by atoms with van der Waals surface area (Å²) in [6.45, 7) is 9.53. The van der Waals surface area contributed by atoms with Crippen LogP contribution in [0.1, 0.15) is 20.3 Å². The summed E-state index contributed by atoms with van der Waals surface area (Å²) in [5.41, 5.74) is 6.32. The number of rotatable bonds is 2. The summed E-state index contributed by atoms with van der Waals surface area (Å²) in [6, 6.07) is 0.643. The predicted molar refractivity (Wildman–Crippen MR) is 57.1 cm³/mol. The van der Waals surface area contributed by atoms with Crippen LogP contribution in [-0.4, -0.2) is 43.8 Å². The smallest absolute Gasteiger partial charge is 0.0512 e. The summed E-state index contributed by atoms with van der Waals surface area (Å²) in [5, 5.41) is 0. The number of hydrogen-bond donors (Lipinski definition) is 1. The second-order valence-corrected chi connectivity index (χ2v) is 5.11. The van der Waals surface area contributed by atoms with E-state index in [0.717, 1.165) is 26.2 Å². The van der Waals surface area contributed by atoms with Crippen LogP contribution in [0, 0.1) is 11.3 Å². The highest BCUT2D eigenvalue weighted by Gasteiger charge is 2.47. The first kappa shape index (κ1) is 10.4. The molecule has 2 heterocycles. The minimum Gasteiger partial charge on any atom is -0.381 e. The number of nitrogens with zero attached hydrogens (tertiary/aromatic N) is 1. The summed E-state index contributed by atoms with van der Waals surface area (Å²) in [5.74, 6) is 0.670. The van der Waals surface area contributed by atoms with Gasteiger partial charge in [-0.15, -0.1) is 0 Å². The molecule has 3 heteroatoms. The van der Waals surface area contributed by atoms with E-state index < -0.39 is 0 Å². The van der Waals surface area contributed by atoms with Gasteiger partial charge in [0.2, 0.25) is 0 Å². The number of fused-ring (bicyclic) bond motifs is 1. The van der Waals surface area contributed by atoms with Gasteiger partial charge in [0.25, 0.3) is 0 Å². The minimum absolute atomic E-state index is 0.364. The van der Waals surface area contributed by atoms with Crippen molar-refractivity contribution >= 4 is 0 Å². The first-order valence-electron chi connectivity index (χ1n) is 5.70. The highest BCUT2D eigenvalue weighted by molar-refractivity contribution is 4.99. The van der Waals surface area contributed by atoms with Gasteiger partial charge in [0.1, 0.15) is 0 Å². The lowest BCUT2D eigenvalue weighted by molar-refractivity contribution is -0.0104. The lowest BCUT2D eigenvalue weighted by atomic mass is 9.74. The zero-order valence-electron chi connectivity index (χ0n) is 9.33. The topological polar surface area (TPSA) is 38.5 Å². The zero-order chi connectivity index (χ0) is 10.2. The Bertz CT molecular complexity index is 207. The average molecular weight is 198 g/mol. The lowest BCUT2D eigenvalue weighted by Crippen LogP contribution is -2.44. The Morgan fingerprint density at radius 3 is 2.93 bits per heavy atom. The Kier molecular flexibility index (Phi) is 2.82. The van der Waals surface area contributed by atoms with Gasteiger partial charge in [-0.25, -0.2) is 0 Å². The van der Waals surface area contributed by atoms with Gasteiger partial charge in [-0.2, -0.15) is 0 Å². The van der Waals surface area contributed by atoms with E-state index >= 15 is 0 Å². The third-order valence-electron chi connectivity index (χ3n) is 4.04. The molecule has 0 saturated carbocycles. The maximum absolute atomic E-state index is 5.96. The summed E-state index contributed by atoms with van der Waals surface area (Å²) in [6.07, 6.45) is 1.15. The average Bonchev–Trinajstić information content (AvgIpc) is 2.57. The van der Waals surface area contributed by atoms with E-state index in [0.29, 0.717) is 17.4 Å². The fraction of sp³-hybridized carbons (Fsp3) is 1.00. The van der Waals surface area contributed by atoms with Crippen LogP contribution >= 0.6 is 0 Å². The van der Waals surface area contributed by atoms with Gasteiger partial charge in [-0.05, 0) is 26.8 Å². The molecule has 0 unspecified atom stereocenters. The van der Waals surface area contributed by atoms with Crippen molar-refractivity contribution in [3.8, 4) is 0 Å². The molecule has 0 aromatic heterocycles. The number of likely N-dealkylation sites (tertiary alicyclic amines) is 1. The molecule has 2 aliphatic heterocycles. The van der Waals surface area contributed by atoms with Gasteiger partial charge in [0.05, 0.1) is 6.61 Å². The first-order valence-corrected chi connectivity index (χ1v) is 5.70. The molecule has 0 radical (unpaired) electrons. The lowest BCUT2D eigenvalue weighted by Gasteiger charge is -2.37. The van der Waals surface area contributed by atoms with Crippen molar-refractivity contribution in [3.05, 3.63) is 0 Å². The van der Waals surface area contributed by atoms with Gasteiger partial charge in [0.15, 0.2) is 0 Å². The number of nitrogens with two attached hydrogens (primary N) is 1. The van der Waals surface area contributed by atoms with Gasteiger partial charge < -0.3 is 10.5 Å². The molecule has 0 spiro atoms. The normalized spacial score (nSPS) is 39.0. The van der Waals surface area contributed by atoms with Crippen LogP contribution < -0.4 is 5.73 Å². The van der Waals surface area contributed by atoms with Crippen molar-refractivity contribution in [2.45, 2.75) is 26.3 Å². The first-order chi connectivity index (χ1) is 6.68. The fourth-order valence-electron chi connectivity index (χ4n) is 2.82. The second kappa shape index (κ2) is 3.80. The summed E-state index contributed by atoms with van der Waals surface area (Å²) in [4.78, 5) is 2.55. The van der Waals surface area contributed by atoms with Crippen LogP contribution in [-0.2, 0) is 4.74 Å². The van der Waals surface area contributed by atoms with Crippen LogP contribution in [0.3, 0.4) is 0 Å². The Hall–Kier alpha value is -0.120. The minimum atomic E-state index is 0.364. The van der Waals surface area contributed by atoms with E-state index in [2.05, 4.69) is 18.7 Å². The van der Waals surface area contributed by atoms with Gasteiger partial charge in [-0.3, -0.25) is 4.90 Å². The van der Waals surface area contributed by atoms with Crippen molar-refractivity contribution in [2.75, 3.05) is 32.8 Å². The highest BCUT2D eigenvalue weighted by Crippen LogP contribution is 2.41. The standard InChI is InChI=1S/C11H22N2O/c1-9(2)13-5-10-6-14-4-3-11(10,7-12)8-13/h9-10H,3-8,12H2,1-2H3/t10-,11+/m0/s1. The molecule has 0 bridgehead atoms. The summed E-state index contributed by atoms with van der Waals surface area (Å²) in [7, 11) is 0. The molecular formula is C11H22N2O. The molecule has 2 aliphatic rings. The molecule has 82 valence electrons. The van der Waals surface area contributed by atoms with E-state index in [1.807, 2.05) is 0 Å². The van der Waals surface area contributed by atoms with Crippen molar-refractivity contribution in [1.29, 1.82) is 0 Å². The van der Waals surface area contributed by atoms with Crippen molar-refractivity contribution < 1.29 is 4.74 Å². The van der Waals surface area contributed by atoms with Crippen LogP contribution in [0.25, 0.3) is 0 Å². The molecule has 2 rings (SSSR count). The number of hydrogen-bond acceptors (Lipinski definition) is 3. The Balaban J connectivity index is 2.10. The van der Waals surface area contributed by atoms with Crippen molar-refractivity contribution in [3.63, 3.8) is 0 Å². The highest BCUT2D eigenvalue weighted by atomic mass is 16.5. The summed E-state index contributed by atoms with van der Waals surface area (Å²) >= 11 is 0. The van der Waals surface area contributed by atoms with Gasteiger partial charge in [0, 0.05) is 37.1 Å². The van der Waals surface area contributed by atoms with Crippen LogP contribution in [0.4, 0.5) is 0 Å². The van der Waals surface area contributed by atoms with Crippen LogP contribution in [0.2, 0.25) is 0 Å². The molecule has 0 aromatic rings. The SMILES string of the molecule is CC(C)N1C[C@H]2COCC[C@@]2(CN)C1. The predicted octanol–water partition coefficient (Wildman–Crippen LogP) is 0.692. The Morgan fingerprint density at radius 2 is 2.36 bits per heavy atom. The zero-order valence-corrected chi connectivity index (χ0v) is 9.33. The van der Waals surface area contributed by atoms with E-state index in [4.69, 9.17) is 10.5 Å². The van der Waals surface area contributed by atoms with Crippen molar-refractivity contribution in [1.82, 2.24) is 4.90 Å². The molecule has 2 atom stereocenters. The third kappa shape index (κ3) is 1.58. The molecule has 3 nitrogen and oxygen atoms in total. The summed E-state index contributed by atoms with van der Waals surface area (Å²) < 4.78 is 5.56. The second-order valence-electron chi connectivity index (χ2n) is 5.11. The molecular weight excluding hydrogens is 176 g/mol. The van der Waals surface area contributed by atoms with E-state index in [-0.39, 0.29) is 0 Å². The van der Waals surface area contributed by atoms with Crippen LogP contribution in [0.5, 0.6) is 0 Å². The maximum Gasteiger partial charge on any atom is 0.0512 e. The van der Waals surface area contributed by atoms with Gasteiger partial charge >= 0.3 is 0 Å². The maximum atomic E-state index is 5.96. The Labute approximate surface area is 86.6 Å². The van der Waals surface area contributed by atoms with Crippen molar-refractivity contribution in [2.24, 2.45) is 17.1 Å². The van der Waals surface area contributed by atoms with E-state index in [1.54, 1.807) is 0 Å². The molecule has 0 aliphatic carbocycles. The molecule has 0 amide bonds. The molecule has 0 aromatic carbocycles. The monoisotopic (exact) mass is 198 g/mol. The fourth-order valence-corrected chi connectivity index (χ4v) is 2.82. The van der Waals surface area contributed by atoms with E-state index in [1.165, 1.54) is 13.1 Å². The largest absolute Gasteiger partial charge is 0.381 e. The molecule has 2 N–H and O–H groups in total. The Morgan fingerprint density at radius 1 is 1.57 bits per heavy atom. The van der Waals surface area contributed by atoms with Crippen LogP contribution in [0.15, 0.2) is 0 Å². The third-order valence-corrected chi connectivity index (χ3v) is 4.04. The molecule has 14 heavy (non-hydrogen) atoms.